The first kappa shape index (κ1) is 14.8. The van der Waals surface area contributed by atoms with Crippen LogP contribution in [0.15, 0.2) is 22.7 Å². The van der Waals surface area contributed by atoms with Gasteiger partial charge in [-0.05, 0) is 31.0 Å². The number of carbonyl (C=O) groups excluding carboxylic acids is 1. The summed E-state index contributed by atoms with van der Waals surface area (Å²) in [4.78, 5) is 12.1. The standard InChI is InChI=1S/C14H16BrClFNO/c15-10-6-9(7-11(17)8-10)14(19)18-13-5-3-1-2-4-12(13)16/h6-8,12-13H,1-5H2,(H,18,19). The molecule has 2 rings (SSSR count). The van der Waals surface area contributed by atoms with Gasteiger partial charge in [-0.25, -0.2) is 4.39 Å². The van der Waals surface area contributed by atoms with E-state index in [9.17, 15) is 9.18 Å². The van der Waals surface area contributed by atoms with Gasteiger partial charge in [0.2, 0.25) is 0 Å². The lowest BCUT2D eigenvalue weighted by molar-refractivity contribution is 0.0933. The third-order valence-electron chi connectivity index (χ3n) is 3.37. The van der Waals surface area contributed by atoms with Crippen molar-refractivity contribution < 1.29 is 9.18 Å². The van der Waals surface area contributed by atoms with Crippen molar-refractivity contribution in [3.63, 3.8) is 0 Å². The zero-order valence-electron chi connectivity index (χ0n) is 10.5. The zero-order valence-corrected chi connectivity index (χ0v) is 12.8. The Morgan fingerprint density at radius 3 is 2.74 bits per heavy atom. The van der Waals surface area contributed by atoms with E-state index < -0.39 is 5.82 Å². The summed E-state index contributed by atoms with van der Waals surface area (Å²) in [7, 11) is 0. The fraction of sp³-hybridized carbons (Fsp3) is 0.500. The Labute approximate surface area is 125 Å². The molecule has 1 aromatic carbocycles. The second-order valence-electron chi connectivity index (χ2n) is 4.89. The topological polar surface area (TPSA) is 29.1 Å². The molecule has 0 saturated heterocycles. The lowest BCUT2D eigenvalue weighted by atomic mass is 10.1. The molecule has 1 aliphatic rings. The minimum absolute atomic E-state index is 0.0290. The maximum atomic E-state index is 13.3. The van der Waals surface area contributed by atoms with Gasteiger partial charge in [0.25, 0.3) is 5.91 Å². The van der Waals surface area contributed by atoms with Gasteiger partial charge in [0, 0.05) is 16.1 Å². The molecule has 2 atom stereocenters. The number of alkyl halides is 1. The predicted octanol–water partition coefficient (Wildman–Crippen LogP) is 4.26. The van der Waals surface area contributed by atoms with Crippen LogP contribution in [-0.2, 0) is 0 Å². The average Bonchev–Trinajstić information content (AvgIpc) is 2.54. The summed E-state index contributed by atoms with van der Waals surface area (Å²) in [6.07, 6.45) is 5.13. The van der Waals surface area contributed by atoms with Gasteiger partial charge in [-0.15, -0.1) is 11.6 Å². The van der Waals surface area contributed by atoms with E-state index in [0.29, 0.717) is 10.0 Å². The number of amides is 1. The maximum Gasteiger partial charge on any atom is 0.251 e. The molecule has 2 nitrogen and oxygen atoms in total. The molecule has 1 aromatic rings. The minimum atomic E-state index is -0.428. The van der Waals surface area contributed by atoms with Gasteiger partial charge < -0.3 is 5.32 Å². The zero-order chi connectivity index (χ0) is 13.8. The molecular weight excluding hydrogens is 333 g/mol. The van der Waals surface area contributed by atoms with Crippen LogP contribution in [0.25, 0.3) is 0 Å². The third kappa shape index (κ3) is 4.18. The smallest absolute Gasteiger partial charge is 0.251 e. The summed E-state index contributed by atoms with van der Waals surface area (Å²) in [6, 6.07) is 4.14. The van der Waals surface area contributed by atoms with Crippen LogP contribution in [0.2, 0.25) is 0 Å². The number of nitrogens with one attached hydrogen (secondary N) is 1. The molecule has 2 unspecified atom stereocenters. The Balaban J connectivity index is 2.07. The highest BCUT2D eigenvalue weighted by molar-refractivity contribution is 9.10. The van der Waals surface area contributed by atoms with Gasteiger partial charge in [-0.3, -0.25) is 4.79 Å². The van der Waals surface area contributed by atoms with E-state index in [0.717, 1.165) is 32.1 Å². The quantitative estimate of drug-likeness (QED) is 0.628. The average molecular weight is 349 g/mol. The van der Waals surface area contributed by atoms with Crippen molar-refractivity contribution in [2.75, 3.05) is 0 Å². The summed E-state index contributed by atoms with van der Waals surface area (Å²) < 4.78 is 13.8. The molecule has 1 saturated carbocycles. The highest BCUT2D eigenvalue weighted by Gasteiger charge is 2.23. The summed E-state index contributed by atoms with van der Waals surface area (Å²) >= 11 is 9.47. The fourth-order valence-corrected chi connectivity index (χ4v) is 3.17. The summed E-state index contributed by atoms with van der Waals surface area (Å²) in [5.74, 6) is -0.694. The number of halogens is 3. The lowest BCUT2D eigenvalue weighted by Gasteiger charge is -2.21. The SMILES string of the molecule is O=C(NC1CCCCCC1Cl)c1cc(F)cc(Br)c1. The van der Waals surface area contributed by atoms with Crippen molar-refractivity contribution in [2.45, 2.75) is 43.5 Å². The molecule has 0 heterocycles. The summed E-state index contributed by atoms with van der Waals surface area (Å²) in [5, 5.41) is 2.88. The predicted molar refractivity (Wildman–Crippen MR) is 78.1 cm³/mol. The van der Waals surface area contributed by atoms with Gasteiger partial charge in [0.05, 0.1) is 5.38 Å². The minimum Gasteiger partial charge on any atom is -0.348 e. The van der Waals surface area contributed by atoms with Crippen LogP contribution >= 0.6 is 27.5 Å². The summed E-state index contributed by atoms with van der Waals surface area (Å²) in [6.45, 7) is 0. The van der Waals surface area contributed by atoms with E-state index in [1.165, 1.54) is 12.1 Å². The van der Waals surface area contributed by atoms with Crippen molar-refractivity contribution in [3.8, 4) is 0 Å². The normalized spacial score (nSPS) is 23.7. The van der Waals surface area contributed by atoms with Crippen LogP contribution in [0.1, 0.15) is 42.5 Å². The van der Waals surface area contributed by atoms with Crippen molar-refractivity contribution in [3.05, 3.63) is 34.1 Å². The van der Waals surface area contributed by atoms with Crippen molar-refractivity contribution in [2.24, 2.45) is 0 Å². The lowest BCUT2D eigenvalue weighted by Crippen LogP contribution is -2.40. The molecule has 0 radical (unpaired) electrons. The molecule has 0 aromatic heterocycles. The number of rotatable bonds is 2. The highest BCUT2D eigenvalue weighted by Crippen LogP contribution is 2.23. The Kier molecular flexibility index (Phi) is 5.22. The van der Waals surface area contributed by atoms with Crippen LogP contribution in [0.3, 0.4) is 0 Å². The van der Waals surface area contributed by atoms with E-state index in [1.54, 1.807) is 6.07 Å². The van der Waals surface area contributed by atoms with Crippen LogP contribution < -0.4 is 5.32 Å². The number of hydrogen-bond donors (Lipinski definition) is 1. The van der Waals surface area contributed by atoms with E-state index in [2.05, 4.69) is 21.2 Å². The third-order valence-corrected chi connectivity index (χ3v) is 4.35. The molecule has 1 N–H and O–H groups in total. The molecule has 0 bridgehead atoms. The molecule has 19 heavy (non-hydrogen) atoms. The van der Waals surface area contributed by atoms with Gasteiger partial charge in [0.15, 0.2) is 0 Å². The molecule has 1 aliphatic carbocycles. The van der Waals surface area contributed by atoms with E-state index in [1.807, 2.05) is 0 Å². The summed E-state index contributed by atoms with van der Waals surface area (Å²) in [5.41, 5.74) is 0.319. The number of carbonyl (C=O) groups is 1. The molecule has 0 aliphatic heterocycles. The van der Waals surface area contributed by atoms with Gasteiger partial charge in [0.1, 0.15) is 5.82 Å². The fourth-order valence-electron chi connectivity index (χ4n) is 2.36. The molecule has 5 heteroatoms. The van der Waals surface area contributed by atoms with E-state index in [4.69, 9.17) is 11.6 Å². The molecule has 1 amide bonds. The maximum absolute atomic E-state index is 13.3. The Hall–Kier alpha value is -0.610. The van der Waals surface area contributed by atoms with Crippen LogP contribution in [0.4, 0.5) is 4.39 Å². The molecule has 104 valence electrons. The van der Waals surface area contributed by atoms with Crippen molar-refractivity contribution >= 4 is 33.4 Å². The molecular formula is C14H16BrClFNO. The van der Waals surface area contributed by atoms with Crippen LogP contribution in [0, 0.1) is 5.82 Å². The highest BCUT2D eigenvalue weighted by atomic mass is 79.9. The Morgan fingerprint density at radius 2 is 2.00 bits per heavy atom. The van der Waals surface area contributed by atoms with Crippen LogP contribution in [-0.4, -0.2) is 17.3 Å². The Morgan fingerprint density at radius 1 is 1.26 bits per heavy atom. The largest absolute Gasteiger partial charge is 0.348 e. The van der Waals surface area contributed by atoms with Crippen molar-refractivity contribution in [1.29, 1.82) is 0 Å². The monoisotopic (exact) mass is 347 g/mol. The second-order valence-corrected chi connectivity index (χ2v) is 6.37. The number of hydrogen-bond acceptors (Lipinski definition) is 1. The second kappa shape index (κ2) is 6.71. The number of benzene rings is 1. The Bertz CT molecular complexity index is 449. The van der Waals surface area contributed by atoms with E-state index in [-0.39, 0.29) is 17.3 Å². The first-order chi connectivity index (χ1) is 9.06. The van der Waals surface area contributed by atoms with Crippen LogP contribution in [0.5, 0.6) is 0 Å². The first-order valence-electron chi connectivity index (χ1n) is 6.47. The molecule has 0 spiro atoms. The van der Waals surface area contributed by atoms with Gasteiger partial charge >= 0.3 is 0 Å². The van der Waals surface area contributed by atoms with E-state index >= 15 is 0 Å². The van der Waals surface area contributed by atoms with Crippen molar-refractivity contribution in [1.82, 2.24) is 5.32 Å². The first-order valence-corrected chi connectivity index (χ1v) is 7.70. The molecule has 1 fully saturated rings. The van der Waals surface area contributed by atoms with Gasteiger partial charge in [-0.2, -0.15) is 0 Å². The van der Waals surface area contributed by atoms with Gasteiger partial charge in [-0.1, -0.05) is 35.2 Å².